The van der Waals surface area contributed by atoms with E-state index in [2.05, 4.69) is 0 Å². The van der Waals surface area contributed by atoms with Gasteiger partial charge < -0.3 is 11.1 Å². The third-order valence-corrected chi connectivity index (χ3v) is 1.49. The topological polar surface area (TPSA) is 55.1 Å². The molecule has 0 aromatic rings. The molecule has 0 spiro atoms. The average molecular weight is 216 g/mol. The van der Waals surface area contributed by atoms with Crippen molar-refractivity contribution in [1.29, 1.82) is 0 Å². The van der Waals surface area contributed by atoms with Gasteiger partial charge in [0.2, 0.25) is 0 Å². The van der Waals surface area contributed by atoms with Crippen LogP contribution in [0.1, 0.15) is 12.8 Å². The van der Waals surface area contributed by atoms with Crippen LogP contribution in [-0.2, 0) is 4.79 Å². The maximum atomic E-state index is 12.3. The number of carbonyl (C=O) groups is 1. The quantitative estimate of drug-likeness (QED) is 0.508. The molecule has 14 heavy (non-hydrogen) atoms. The summed E-state index contributed by atoms with van der Waals surface area (Å²) in [7, 11) is 0. The van der Waals surface area contributed by atoms with Crippen molar-refractivity contribution in [2.75, 3.05) is 13.1 Å². The summed E-state index contributed by atoms with van der Waals surface area (Å²) in [5.74, 6) is -6.55. The summed E-state index contributed by atoms with van der Waals surface area (Å²) in [5, 5.41) is 1.71. The van der Waals surface area contributed by atoms with Crippen LogP contribution in [0.25, 0.3) is 0 Å². The summed E-state index contributed by atoms with van der Waals surface area (Å²) < 4.78 is 47.7. The Kier molecular flexibility index (Phi) is 5.44. The molecule has 0 saturated heterocycles. The number of rotatable bonds is 6. The van der Waals surface area contributed by atoms with E-state index < -0.39 is 18.3 Å². The van der Waals surface area contributed by atoms with Crippen LogP contribution in [0.3, 0.4) is 0 Å². The molecule has 0 rings (SSSR count). The molecule has 0 aliphatic heterocycles. The minimum Gasteiger partial charge on any atom is -0.351 e. The number of carbonyl (C=O) groups excluding carboxylic acids is 1. The zero-order valence-corrected chi connectivity index (χ0v) is 7.40. The van der Waals surface area contributed by atoms with Gasteiger partial charge >= 0.3 is 12.3 Å². The monoisotopic (exact) mass is 216 g/mol. The van der Waals surface area contributed by atoms with Crippen LogP contribution in [0.4, 0.5) is 17.6 Å². The highest BCUT2D eigenvalue weighted by Gasteiger charge is 2.48. The molecule has 0 fully saturated rings. The standard InChI is InChI=1S/C7H12F4N2O/c8-5(9)7(10,11)6(14)13-4-2-1-3-12/h5H,1-4,12H2,(H,13,14). The van der Waals surface area contributed by atoms with E-state index in [0.717, 1.165) is 0 Å². The van der Waals surface area contributed by atoms with Gasteiger partial charge in [0.05, 0.1) is 0 Å². The van der Waals surface area contributed by atoms with E-state index >= 15 is 0 Å². The number of nitrogens with one attached hydrogen (secondary N) is 1. The molecular formula is C7H12F4N2O. The lowest BCUT2D eigenvalue weighted by Gasteiger charge is -2.14. The molecular weight excluding hydrogens is 204 g/mol. The van der Waals surface area contributed by atoms with Gasteiger partial charge in [0.25, 0.3) is 5.91 Å². The van der Waals surface area contributed by atoms with Crippen LogP contribution >= 0.6 is 0 Å². The van der Waals surface area contributed by atoms with Gasteiger partial charge in [0.1, 0.15) is 0 Å². The van der Waals surface area contributed by atoms with Crippen LogP contribution in [0.15, 0.2) is 0 Å². The molecule has 7 heteroatoms. The molecule has 0 heterocycles. The molecule has 0 aliphatic carbocycles. The fourth-order valence-corrected chi connectivity index (χ4v) is 0.688. The van der Waals surface area contributed by atoms with E-state index in [9.17, 15) is 22.4 Å². The van der Waals surface area contributed by atoms with E-state index in [1.807, 2.05) is 0 Å². The highest BCUT2D eigenvalue weighted by atomic mass is 19.3. The van der Waals surface area contributed by atoms with Gasteiger partial charge in [-0.05, 0) is 19.4 Å². The SMILES string of the molecule is NCCCCNC(=O)C(F)(F)C(F)F. The van der Waals surface area contributed by atoms with E-state index in [0.29, 0.717) is 19.4 Å². The first-order valence-corrected chi connectivity index (χ1v) is 4.07. The molecule has 0 aromatic carbocycles. The van der Waals surface area contributed by atoms with E-state index in [4.69, 9.17) is 5.73 Å². The molecule has 0 aromatic heterocycles. The zero-order valence-electron chi connectivity index (χ0n) is 7.40. The van der Waals surface area contributed by atoms with Crippen LogP contribution in [-0.4, -0.2) is 31.3 Å². The molecule has 0 saturated carbocycles. The van der Waals surface area contributed by atoms with Gasteiger partial charge in [-0.25, -0.2) is 8.78 Å². The highest BCUT2D eigenvalue weighted by Crippen LogP contribution is 2.22. The Morgan fingerprint density at radius 3 is 2.36 bits per heavy atom. The van der Waals surface area contributed by atoms with Crippen molar-refractivity contribution < 1.29 is 22.4 Å². The van der Waals surface area contributed by atoms with Gasteiger partial charge in [-0.15, -0.1) is 0 Å². The Labute approximate surface area is 78.6 Å². The molecule has 0 aliphatic rings. The van der Waals surface area contributed by atoms with Gasteiger partial charge in [-0.1, -0.05) is 0 Å². The van der Waals surface area contributed by atoms with E-state index in [1.165, 1.54) is 0 Å². The summed E-state index contributed by atoms with van der Waals surface area (Å²) in [6.07, 6.45) is -3.04. The number of unbranched alkanes of at least 4 members (excludes halogenated alkanes) is 1. The number of alkyl halides is 4. The van der Waals surface area contributed by atoms with Crippen molar-refractivity contribution in [1.82, 2.24) is 5.32 Å². The van der Waals surface area contributed by atoms with Crippen molar-refractivity contribution in [2.45, 2.75) is 25.2 Å². The summed E-state index contributed by atoms with van der Waals surface area (Å²) in [6, 6.07) is 0. The van der Waals surface area contributed by atoms with Gasteiger partial charge in [0, 0.05) is 6.54 Å². The Morgan fingerprint density at radius 1 is 1.36 bits per heavy atom. The van der Waals surface area contributed by atoms with Crippen LogP contribution < -0.4 is 11.1 Å². The number of halogens is 4. The van der Waals surface area contributed by atoms with Crippen molar-refractivity contribution in [3.63, 3.8) is 0 Å². The molecule has 0 bridgehead atoms. The predicted molar refractivity (Wildman–Crippen MR) is 42.2 cm³/mol. The summed E-state index contributed by atoms with van der Waals surface area (Å²) in [4.78, 5) is 10.5. The normalized spacial score (nSPS) is 11.9. The maximum Gasteiger partial charge on any atom is 0.383 e. The second-order valence-corrected chi connectivity index (χ2v) is 2.68. The second-order valence-electron chi connectivity index (χ2n) is 2.68. The Balaban J connectivity index is 3.84. The van der Waals surface area contributed by atoms with Crippen molar-refractivity contribution in [3.8, 4) is 0 Å². The predicted octanol–water partition coefficient (Wildman–Crippen LogP) is 0.742. The first kappa shape index (κ1) is 13.2. The molecule has 0 unspecified atom stereocenters. The number of hydrogen-bond acceptors (Lipinski definition) is 2. The molecule has 84 valence electrons. The largest absolute Gasteiger partial charge is 0.383 e. The first-order valence-electron chi connectivity index (χ1n) is 4.07. The molecule has 3 N–H and O–H groups in total. The fourth-order valence-electron chi connectivity index (χ4n) is 0.688. The van der Waals surface area contributed by atoms with Crippen LogP contribution in [0.5, 0.6) is 0 Å². The third-order valence-electron chi connectivity index (χ3n) is 1.49. The molecule has 3 nitrogen and oxygen atoms in total. The minimum absolute atomic E-state index is 0.0711. The van der Waals surface area contributed by atoms with E-state index in [1.54, 1.807) is 5.32 Å². The Bertz CT molecular complexity index is 187. The number of hydrogen-bond donors (Lipinski definition) is 2. The summed E-state index contributed by atoms with van der Waals surface area (Å²) in [6.45, 7) is 0.291. The lowest BCUT2D eigenvalue weighted by Crippen LogP contribution is -2.45. The Hall–Kier alpha value is -0.850. The third kappa shape index (κ3) is 3.91. The summed E-state index contributed by atoms with van der Waals surface area (Å²) in [5.41, 5.74) is 5.10. The minimum atomic E-state index is -4.61. The lowest BCUT2D eigenvalue weighted by molar-refractivity contribution is -0.169. The van der Waals surface area contributed by atoms with Crippen molar-refractivity contribution >= 4 is 5.91 Å². The zero-order chi connectivity index (χ0) is 11.2. The lowest BCUT2D eigenvalue weighted by atomic mass is 10.3. The van der Waals surface area contributed by atoms with E-state index in [-0.39, 0.29) is 6.54 Å². The number of amides is 1. The van der Waals surface area contributed by atoms with Crippen molar-refractivity contribution in [2.24, 2.45) is 5.73 Å². The molecule has 0 radical (unpaired) electrons. The van der Waals surface area contributed by atoms with Crippen LogP contribution in [0.2, 0.25) is 0 Å². The van der Waals surface area contributed by atoms with Gasteiger partial charge in [0.15, 0.2) is 0 Å². The van der Waals surface area contributed by atoms with Crippen LogP contribution in [0, 0.1) is 0 Å². The van der Waals surface area contributed by atoms with Gasteiger partial charge in [-0.3, -0.25) is 4.79 Å². The second kappa shape index (κ2) is 5.79. The van der Waals surface area contributed by atoms with Crippen molar-refractivity contribution in [3.05, 3.63) is 0 Å². The van der Waals surface area contributed by atoms with Gasteiger partial charge in [-0.2, -0.15) is 8.78 Å². The summed E-state index contributed by atoms with van der Waals surface area (Å²) >= 11 is 0. The fraction of sp³-hybridized carbons (Fsp3) is 0.857. The maximum absolute atomic E-state index is 12.3. The smallest absolute Gasteiger partial charge is 0.351 e. The first-order chi connectivity index (χ1) is 6.42. The average Bonchev–Trinajstić information content (AvgIpc) is 2.11. The highest BCUT2D eigenvalue weighted by molar-refractivity contribution is 5.83. The molecule has 1 amide bonds. The number of nitrogens with two attached hydrogens (primary N) is 1. The Morgan fingerprint density at radius 2 is 1.93 bits per heavy atom. The molecule has 0 atom stereocenters.